The molecule has 0 saturated heterocycles. The normalized spacial score (nSPS) is 10.7. The van der Waals surface area contributed by atoms with Crippen LogP contribution in [0.15, 0.2) is 58.7 Å². The van der Waals surface area contributed by atoms with E-state index in [1.165, 1.54) is 10.9 Å². The summed E-state index contributed by atoms with van der Waals surface area (Å²) in [7, 11) is 0. The first-order valence-electron chi connectivity index (χ1n) is 8.12. The number of hydrogen-bond donors (Lipinski definition) is 0. The minimum absolute atomic E-state index is 0.0441. The third kappa shape index (κ3) is 4.18. The smallest absolute Gasteiger partial charge is 0.273 e. The second-order valence-corrected chi connectivity index (χ2v) is 6.98. The van der Waals surface area contributed by atoms with Crippen LogP contribution in [-0.4, -0.2) is 22.3 Å². The number of benzene rings is 1. The third-order valence-corrected chi connectivity index (χ3v) is 5.04. The van der Waals surface area contributed by atoms with Gasteiger partial charge >= 0.3 is 0 Å². The lowest BCUT2D eigenvalue weighted by molar-refractivity contribution is -0.385. The minimum Gasteiger partial charge on any atom is -0.472 e. The molecule has 3 rings (SSSR count). The van der Waals surface area contributed by atoms with Crippen molar-refractivity contribution < 1.29 is 14.1 Å². The SMILES string of the molecule is Cc1ccc(C(=O)N(CCc2cccs2)Cc2ccoc2)cc1[N+](=O)[O-]. The standard InChI is InChI=1S/C19H18N2O4S/c1-14-4-5-16(11-18(14)21(23)24)19(22)20(12-15-7-9-25-13-15)8-6-17-3-2-10-26-17/h2-5,7,9-11,13H,6,8,12H2,1H3. The van der Waals surface area contributed by atoms with E-state index in [1.54, 1.807) is 47.8 Å². The number of hydrogen-bond acceptors (Lipinski definition) is 5. The van der Waals surface area contributed by atoms with Crippen LogP contribution in [0.5, 0.6) is 0 Å². The molecular weight excluding hydrogens is 352 g/mol. The number of nitro benzene ring substituents is 1. The second-order valence-electron chi connectivity index (χ2n) is 5.95. The van der Waals surface area contributed by atoms with Crippen molar-refractivity contribution in [2.24, 2.45) is 0 Å². The molecular formula is C19H18N2O4S. The van der Waals surface area contributed by atoms with Gasteiger partial charge in [-0.25, -0.2) is 0 Å². The van der Waals surface area contributed by atoms with Gasteiger partial charge in [0.15, 0.2) is 0 Å². The Morgan fingerprint density at radius 1 is 1.31 bits per heavy atom. The molecule has 0 radical (unpaired) electrons. The number of amides is 1. The van der Waals surface area contributed by atoms with Gasteiger partial charge < -0.3 is 9.32 Å². The molecule has 0 aliphatic heterocycles. The van der Waals surface area contributed by atoms with Gasteiger partial charge in [0.05, 0.1) is 17.4 Å². The third-order valence-electron chi connectivity index (χ3n) is 4.10. The molecule has 1 aromatic carbocycles. The maximum atomic E-state index is 13.0. The van der Waals surface area contributed by atoms with Crippen molar-refractivity contribution in [3.8, 4) is 0 Å². The van der Waals surface area contributed by atoms with Crippen LogP contribution in [0.2, 0.25) is 0 Å². The summed E-state index contributed by atoms with van der Waals surface area (Å²) in [5, 5.41) is 13.2. The molecule has 26 heavy (non-hydrogen) atoms. The van der Waals surface area contributed by atoms with Gasteiger partial charge in [0.2, 0.25) is 0 Å². The Labute approximate surface area is 154 Å². The van der Waals surface area contributed by atoms with Gasteiger partial charge in [-0.05, 0) is 36.9 Å². The van der Waals surface area contributed by atoms with Crippen molar-refractivity contribution in [3.63, 3.8) is 0 Å². The Hall–Kier alpha value is -2.93. The Bertz CT molecular complexity index is 888. The fraction of sp³-hybridized carbons (Fsp3) is 0.211. The van der Waals surface area contributed by atoms with E-state index in [2.05, 4.69) is 0 Å². The van der Waals surface area contributed by atoms with Gasteiger partial charge in [-0.3, -0.25) is 14.9 Å². The number of thiophene rings is 1. The molecule has 0 aliphatic rings. The topological polar surface area (TPSA) is 76.6 Å². The average molecular weight is 370 g/mol. The molecule has 0 bridgehead atoms. The summed E-state index contributed by atoms with van der Waals surface area (Å²) in [5.74, 6) is -0.231. The Balaban J connectivity index is 1.83. The highest BCUT2D eigenvalue weighted by Crippen LogP contribution is 2.21. The first-order valence-corrected chi connectivity index (χ1v) is 9.00. The summed E-state index contributed by atoms with van der Waals surface area (Å²) >= 11 is 1.64. The number of nitrogens with zero attached hydrogens (tertiary/aromatic N) is 2. The van der Waals surface area contributed by atoms with E-state index in [0.29, 0.717) is 24.2 Å². The van der Waals surface area contributed by atoms with E-state index < -0.39 is 4.92 Å². The molecule has 0 aliphatic carbocycles. The van der Waals surface area contributed by atoms with E-state index >= 15 is 0 Å². The van der Waals surface area contributed by atoms with Gasteiger partial charge in [-0.2, -0.15) is 0 Å². The zero-order valence-corrected chi connectivity index (χ0v) is 15.1. The van der Waals surface area contributed by atoms with E-state index in [9.17, 15) is 14.9 Å². The molecule has 0 spiro atoms. The number of nitro groups is 1. The Morgan fingerprint density at radius 2 is 2.15 bits per heavy atom. The molecule has 134 valence electrons. The van der Waals surface area contributed by atoms with Gasteiger partial charge in [0, 0.05) is 40.7 Å². The van der Waals surface area contributed by atoms with Crippen molar-refractivity contribution in [2.75, 3.05) is 6.54 Å². The lowest BCUT2D eigenvalue weighted by Crippen LogP contribution is -2.32. The lowest BCUT2D eigenvalue weighted by atomic mass is 10.1. The Kier molecular flexibility index (Phi) is 5.48. The minimum atomic E-state index is -0.460. The summed E-state index contributed by atoms with van der Waals surface area (Å²) in [6.07, 6.45) is 3.90. The van der Waals surface area contributed by atoms with Crippen LogP contribution in [0.25, 0.3) is 0 Å². The molecule has 0 fully saturated rings. The number of carbonyl (C=O) groups is 1. The molecule has 6 nitrogen and oxygen atoms in total. The number of aryl methyl sites for hydroxylation is 1. The van der Waals surface area contributed by atoms with Crippen molar-refractivity contribution in [2.45, 2.75) is 19.9 Å². The summed E-state index contributed by atoms with van der Waals surface area (Å²) in [5.41, 5.74) is 1.69. The average Bonchev–Trinajstić information content (AvgIpc) is 3.32. The van der Waals surface area contributed by atoms with E-state index in [-0.39, 0.29) is 11.6 Å². The first kappa shape index (κ1) is 17.9. The van der Waals surface area contributed by atoms with Crippen LogP contribution >= 0.6 is 11.3 Å². The van der Waals surface area contributed by atoms with Crippen molar-refractivity contribution in [3.05, 3.63) is 86.0 Å². The number of carbonyl (C=O) groups excluding carboxylic acids is 1. The summed E-state index contributed by atoms with van der Waals surface area (Å²) in [6, 6.07) is 10.4. The number of rotatable bonds is 7. The van der Waals surface area contributed by atoms with Crippen LogP contribution in [0.4, 0.5) is 5.69 Å². The quantitative estimate of drug-likeness (QED) is 0.455. The molecule has 1 amide bonds. The highest BCUT2D eigenvalue weighted by molar-refractivity contribution is 7.09. The van der Waals surface area contributed by atoms with E-state index in [4.69, 9.17) is 4.42 Å². The molecule has 2 heterocycles. The maximum absolute atomic E-state index is 13.0. The van der Waals surface area contributed by atoms with Crippen LogP contribution in [0.3, 0.4) is 0 Å². The maximum Gasteiger partial charge on any atom is 0.273 e. The largest absolute Gasteiger partial charge is 0.472 e. The van der Waals surface area contributed by atoms with Crippen LogP contribution < -0.4 is 0 Å². The predicted octanol–water partition coefficient (Wildman–Crippen LogP) is 4.44. The fourth-order valence-corrected chi connectivity index (χ4v) is 3.38. The van der Waals surface area contributed by atoms with Crippen molar-refractivity contribution >= 4 is 22.9 Å². The zero-order chi connectivity index (χ0) is 18.5. The molecule has 0 unspecified atom stereocenters. The lowest BCUT2D eigenvalue weighted by Gasteiger charge is -2.22. The van der Waals surface area contributed by atoms with Crippen molar-refractivity contribution in [1.29, 1.82) is 0 Å². The number of furan rings is 1. The molecule has 7 heteroatoms. The molecule has 0 saturated carbocycles. The van der Waals surface area contributed by atoms with E-state index in [1.807, 2.05) is 23.6 Å². The molecule has 0 atom stereocenters. The highest BCUT2D eigenvalue weighted by Gasteiger charge is 2.20. The molecule has 2 aromatic heterocycles. The fourth-order valence-electron chi connectivity index (χ4n) is 2.68. The molecule has 0 N–H and O–H groups in total. The second kappa shape index (κ2) is 7.97. The highest BCUT2D eigenvalue weighted by atomic mass is 32.1. The zero-order valence-electron chi connectivity index (χ0n) is 14.3. The van der Waals surface area contributed by atoms with E-state index in [0.717, 1.165) is 12.0 Å². The van der Waals surface area contributed by atoms with Crippen molar-refractivity contribution in [1.82, 2.24) is 4.90 Å². The van der Waals surface area contributed by atoms with Crippen LogP contribution in [0, 0.1) is 17.0 Å². The summed E-state index contributed by atoms with van der Waals surface area (Å²) in [4.78, 5) is 26.6. The van der Waals surface area contributed by atoms with Crippen LogP contribution in [-0.2, 0) is 13.0 Å². The van der Waals surface area contributed by atoms with Gasteiger partial charge in [0.1, 0.15) is 0 Å². The Morgan fingerprint density at radius 3 is 2.81 bits per heavy atom. The first-order chi connectivity index (χ1) is 12.5. The molecule has 3 aromatic rings. The van der Waals surface area contributed by atoms with Gasteiger partial charge in [-0.15, -0.1) is 11.3 Å². The monoisotopic (exact) mass is 370 g/mol. The van der Waals surface area contributed by atoms with Gasteiger partial charge in [-0.1, -0.05) is 12.1 Å². The van der Waals surface area contributed by atoms with Gasteiger partial charge in [0.25, 0.3) is 11.6 Å². The summed E-state index contributed by atoms with van der Waals surface area (Å²) < 4.78 is 5.09. The predicted molar refractivity (Wildman–Crippen MR) is 99.3 cm³/mol. The summed E-state index contributed by atoms with van der Waals surface area (Å²) in [6.45, 7) is 2.57. The van der Waals surface area contributed by atoms with Crippen LogP contribution in [0.1, 0.15) is 26.4 Å².